The molecule has 1 aliphatic rings. The zero-order valence-corrected chi connectivity index (χ0v) is 20.2. The molecule has 0 saturated carbocycles. The van der Waals surface area contributed by atoms with Gasteiger partial charge in [0.1, 0.15) is 16.8 Å². The number of nitrogen functional groups attached to an aromatic ring is 1. The zero-order chi connectivity index (χ0) is 23.4. The number of carbonyl (C=O) groups is 2. The molecule has 8 nitrogen and oxygen atoms in total. The van der Waals surface area contributed by atoms with E-state index in [9.17, 15) is 9.59 Å². The standard InChI is InChI=1S/C23H33ClN6O2/c1-14(12-20(31)19-13-29(4)28-15(19)2)23(32)30-10-5-6-17(9-11-30)7-8-18-21(24)26-16(3)27-22(18)25/h13-14,17H,5-12H2,1-4H3,(H2,25,26,27)/t14-,17?/m1/s1. The highest BCUT2D eigenvalue weighted by Gasteiger charge is 2.27. The highest BCUT2D eigenvalue weighted by atomic mass is 35.5. The van der Waals surface area contributed by atoms with Crippen LogP contribution in [0, 0.1) is 25.7 Å². The second kappa shape index (κ2) is 10.4. The van der Waals surface area contributed by atoms with Crippen molar-refractivity contribution >= 4 is 29.1 Å². The summed E-state index contributed by atoms with van der Waals surface area (Å²) in [6.45, 7) is 6.88. The van der Waals surface area contributed by atoms with Gasteiger partial charge in [-0.05, 0) is 51.9 Å². The maximum atomic E-state index is 13.0. The van der Waals surface area contributed by atoms with Crippen molar-refractivity contribution < 1.29 is 9.59 Å². The number of carbonyl (C=O) groups excluding carboxylic acids is 2. The van der Waals surface area contributed by atoms with Gasteiger partial charge in [0.15, 0.2) is 5.78 Å². The van der Waals surface area contributed by atoms with Crippen LogP contribution in [0.5, 0.6) is 0 Å². The fraction of sp³-hybridized carbons (Fsp3) is 0.609. The van der Waals surface area contributed by atoms with Crippen LogP contribution < -0.4 is 5.73 Å². The van der Waals surface area contributed by atoms with Crippen molar-refractivity contribution in [1.29, 1.82) is 0 Å². The second-order valence-corrected chi connectivity index (χ2v) is 9.27. The predicted molar refractivity (Wildman–Crippen MR) is 124 cm³/mol. The third-order valence-corrected chi connectivity index (χ3v) is 6.60. The van der Waals surface area contributed by atoms with E-state index in [4.69, 9.17) is 17.3 Å². The Kier molecular flexibility index (Phi) is 7.87. The molecule has 2 atom stereocenters. The van der Waals surface area contributed by atoms with Crippen LogP contribution in [-0.4, -0.2) is 49.4 Å². The Morgan fingerprint density at radius 3 is 2.66 bits per heavy atom. The predicted octanol–water partition coefficient (Wildman–Crippen LogP) is 3.53. The molecule has 1 aliphatic heterocycles. The van der Waals surface area contributed by atoms with Crippen LogP contribution in [0.25, 0.3) is 0 Å². The van der Waals surface area contributed by atoms with Gasteiger partial charge in [-0.2, -0.15) is 5.10 Å². The number of aromatic nitrogens is 4. The van der Waals surface area contributed by atoms with Crippen LogP contribution >= 0.6 is 11.6 Å². The number of hydrogen-bond donors (Lipinski definition) is 1. The Balaban J connectivity index is 1.52. The first-order valence-electron chi connectivity index (χ1n) is 11.3. The first-order valence-corrected chi connectivity index (χ1v) is 11.6. The molecule has 0 spiro atoms. The van der Waals surface area contributed by atoms with Crippen molar-refractivity contribution in [3.8, 4) is 0 Å². The minimum absolute atomic E-state index is 0.0288. The summed E-state index contributed by atoms with van der Waals surface area (Å²) < 4.78 is 1.63. The molecule has 9 heteroatoms. The lowest BCUT2D eigenvalue weighted by molar-refractivity contribution is -0.134. The molecule has 174 valence electrons. The molecule has 1 amide bonds. The van der Waals surface area contributed by atoms with Crippen molar-refractivity contribution in [3.63, 3.8) is 0 Å². The minimum Gasteiger partial charge on any atom is -0.383 e. The quantitative estimate of drug-likeness (QED) is 0.500. The van der Waals surface area contributed by atoms with Gasteiger partial charge >= 0.3 is 0 Å². The third kappa shape index (κ3) is 5.85. The molecule has 2 aromatic rings. The van der Waals surface area contributed by atoms with E-state index in [1.54, 1.807) is 24.9 Å². The molecule has 1 fully saturated rings. The van der Waals surface area contributed by atoms with Crippen LogP contribution in [0.3, 0.4) is 0 Å². The van der Waals surface area contributed by atoms with Gasteiger partial charge in [-0.15, -0.1) is 0 Å². The normalized spacial score (nSPS) is 17.8. The lowest BCUT2D eigenvalue weighted by Gasteiger charge is -2.24. The van der Waals surface area contributed by atoms with Crippen molar-refractivity contribution in [3.05, 3.63) is 34.0 Å². The fourth-order valence-electron chi connectivity index (χ4n) is 4.50. The highest BCUT2D eigenvalue weighted by Crippen LogP contribution is 2.27. The number of Topliss-reactive ketones (excluding diaryl/α,β-unsaturated/α-hetero) is 1. The van der Waals surface area contributed by atoms with Crippen molar-refractivity contribution in [2.24, 2.45) is 18.9 Å². The first-order chi connectivity index (χ1) is 15.2. The van der Waals surface area contributed by atoms with Gasteiger partial charge in [0.25, 0.3) is 0 Å². The molecule has 3 rings (SSSR count). The molecule has 1 saturated heterocycles. The summed E-state index contributed by atoms with van der Waals surface area (Å²) in [4.78, 5) is 36.0. The van der Waals surface area contributed by atoms with Crippen molar-refractivity contribution in [2.45, 2.75) is 59.3 Å². The number of rotatable bonds is 7. The van der Waals surface area contributed by atoms with Gasteiger partial charge in [0.2, 0.25) is 5.91 Å². The van der Waals surface area contributed by atoms with Gasteiger partial charge < -0.3 is 10.6 Å². The lowest BCUT2D eigenvalue weighted by Crippen LogP contribution is -2.36. The van der Waals surface area contributed by atoms with Gasteiger partial charge in [0, 0.05) is 44.2 Å². The smallest absolute Gasteiger partial charge is 0.225 e. The summed E-state index contributed by atoms with van der Waals surface area (Å²) in [5.41, 5.74) is 8.15. The summed E-state index contributed by atoms with van der Waals surface area (Å²) in [6, 6.07) is 0. The highest BCUT2D eigenvalue weighted by molar-refractivity contribution is 6.30. The molecule has 0 aliphatic carbocycles. The van der Waals surface area contributed by atoms with E-state index < -0.39 is 0 Å². The Labute approximate surface area is 194 Å². The molecule has 0 aromatic carbocycles. The zero-order valence-electron chi connectivity index (χ0n) is 19.4. The van der Waals surface area contributed by atoms with Gasteiger partial charge in [-0.1, -0.05) is 18.5 Å². The van der Waals surface area contributed by atoms with Gasteiger partial charge in [-0.25, -0.2) is 9.97 Å². The average molecular weight is 461 g/mol. The first kappa shape index (κ1) is 24.2. The molecule has 1 unspecified atom stereocenters. The number of anilines is 1. The lowest BCUT2D eigenvalue weighted by atomic mass is 9.93. The maximum absolute atomic E-state index is 13.0. The fourth-order valence-corrected chi connectivity index (χ4v) is 4.81. The molecule has 32 heavy (non-hydrogen) atoms. The summed E-state index contributed by atoms with van der Waals surface area (Å²) in [7, 11) is 1.79. The summed E-state index contributed by atoms with van der Waals surface area (Å²) in [5.74, 6) is 1.20. The van der Waals surface area contributed by atoms with E-state index in [0.717, 1.165) is 44.2 Å². The van der Waals surface area contributed by atoms with Crippen LogP contribution in [0.15, 0.2) is 6.20 Å². The minimum atomic E-state index is -0.345. The number of nitrogens with two attached hydrogens (primary N) is 1. The second-order valence-electron chi connectivity index (χ2n) is 8.92. The molecule has 2 N–H and O–H groups in total. The Morgan fingerprint density at radius 2 is 2.00 bits per heavy atom. The number of likely N-dealkylation sites (tertiary alicyclic amines) is 1. The Bertz CT molecular complexity index is 966. The van der Waals surface area contributed by atoms with E-state index in [1.165, 1.54) is 0 Å². The topological polar surface area (TPSA) is 107 Å². The molecule has 0 radical (unpaired) electrons. The van der Waals surface area contributed by atoms with E-state index in [1.807, 2.05) is 18.7 Å². The van der Waals surface area contributed by atoms with Crippen LogP contribution in [0.4, 0.5) is 5.82 Å². The SMILES string of the molecule is Cc1nc(N)c(CCC2CCCN(C(=O)[C@H](C)CC(=O)c3cn(C)nc3C)CC2)c(Cl)n1. The molecular formula is C23H33ClN6O2. The van der Waals surface area contributed by atoms with Crippen LogP contribution in [0.2, 0.25) is 5.15 Å². The monoisotopic (exact) mass is 460 g/mol. The van der Waals surface area contributed by atoms with Crippen LogP contribution in [0.1, 0.15) is 66.5 Å². The molecule has 3 heterocycles. The van der Waals surface area contributed by atoms with Crippen LogP contribution in [-0.2, 0) is 18.3 Å². The van der Waals surface area contributed by atoms with E-state index in [2.05, 4.69) is 15.1 Å². The number of ketones is 1. The Morgan fingerprint density at radius 1 is 1.25 bits per heavy atom. The average Bonchev–Trinajstić information content (AvgIpc) is 2.91. The number of aryl methyl sites for hydroxylation is 3. The summed E-state index contributed by atoms with van der Waals surface area (Å²) in [6.07, 6.45) is 6.53. The number of amides is 1. The van der Waals surface area contributed by atoms with E-state index >= 15 is 0 Å². The molecular weight excluding hydrogens is 428 g/mol. The largest absolute Gasteiger partial charge is 0.383 e. The number of hydrogen-bond acceptors (Lipinski definition) is 6. The number of nitrogens with zero attached hydrogens (tertiary/aromatic N) is 5. The summed E-state index contributed by atoms with van der Waals surface area (Å²) >= 11 is 6.26. The maximum Gasteiger partial charge on any atom is 0.225 e. The van der Waals surface area contributed by atoms with E-state index in [-0.39, 0.29) is 24.0 Å². The van der Waals surface area contributed by atoms with Gasteiger partial charge in [0.05, 0.1) is 11.3 Å². The van der Waals surface area contributed by atoms with Gasteiger partial charge in [-0.3, -0.25) is 14.3 Å². The number of halogens is 1. The molecule has 0 bridgehead atoms. The van der Waals surface area contributed by atoms with Crippen molar-refractivity contribution in [1.82, 2.24) is 24.6 Å². The van der Waals surface area contributed by atoms with E-state index in [0.29, 0.717) is 40.5 Å². The third-order valence-electron chi connectivity index (χ3n) is 6.29. The summed E-state index contributed by atoms with van der Waals surface area (Å²) in [5, 5.41) is 4.66. The van der Waals surface area contributed by atoms with Crippen molar-refractivity contribution in [2.75, 3.05) is 18.8 Å². The Hall–Kier alpha value is -2.48. The molecule has 2 aromatic heterocycles.